The van der Waals surface area contributed by atoms with E-state index in [9.17, 15) is 10.2 Å². The second-order valence-electron chi connectivity index (χ2n) is 6.79. The fourth-order valence-electron chi connectivity index (χ4n) is 2.67. The molecule has 2 aromatic carbocycles. The van der Waals surface area contributed by atoms with Gasteiger partial charge >= 0.3 is 0 Å². The van der Waals surface area contributed by atoms with E-state index in [1.54, 1.807) is 18.2 Å². The molecule has 0 fully saturated rings. The first-order valence-corrected chi connectivity index (χ1v) is 9.41. The van der Waals surface area contributed by atoms with Crippen LogP contribution in [0.3, 0.4) is 0 Å². The van der Waals surface area contributed by atoms with E-state index >= 15 is 0 Å². The third kappa shape index (κ3) is 4.91. The van der Waals surface area contributed by atoms with Crippen molar-refractivity contribution in [2.75, 3.05) is 17.2 Å². The van der Waals surface area contributed by atoms with Crippen molar-refractivity contribution in [3.05, 3.63) is 59.6 Å². The van der Waals surface area contributed by atoms with Gasteiger partial charge < -0.3 is 20.8 Å². The summed E-state index contributed by atoms with van der Waals surface area (Å²) in [7, 11) is 0. The zero-order chi connectivity index (χ0) is 20.1. The summed E-state index contributed by atoms with van der Waals surface area (Å²) in [6.45, 7) is 3.99. The van der Waals surface area contributed by atoms with Gasteiger partial charge in [-0.15, -0.1) is 0 Å². The van der Waals surface area contributed by atoms with Gasteiger partial charge in [0, 0.05) is 16.7 Å². The summed E-state index contributed by atoms with van der Waals surface area (Å²) >= 11 is 6.04. The Morgan fingerprint density at radius 2 is 1.79 bits per heavy atom. The second-order valence-corrected chi connectivity index (χ2v) is 7.23. The van der Waals surface area contributed by atoms with Gasteiger partial charge in [-0.1, -0.05) is 55.8 Å². The molecule has 0 amide bonds. The van der Waals surface area contributed by atoms with Crippen LogP contribution in [0.2, 0.25) is 5.02 Å². The third-order valence-electron chi connectivity index (χ3n) is 4.33. The number of rotatable bonds is 7. The number of aromatic nitrogens is 2. The van der Waals surface area contributed by atoms with Crippen LogP contribution in [0.4, 0.5) is 17.5 Å². The summed E-state index contributed by atoms with van der Waals surface area (Å²) in [5.74, 6) is 1.14. The van der Waals surface area contributed by atoms with Gasteiger partial charge in [0.2, 0.25) is 5.95 Å². The number of aliphatic hydroxyl groups excluding tert-OH is 1. The van der Waals surface area contributed by atoms with Crippen molar-refractivity contribution < 1.29 is 10.2 Å². The molecule has 0 saturated carbocycles. The maximum absolute atomic E-state index is 10.1. The van der Waals surface area contributed by atoms with Crippen LogP contribution < -0.4 is 10.6 Å². The van der Waals surface area contributed by atoms with E-state index in [1.807, 2.05) is 44.2 Å². The minimum absolute atomic E-state index is 0.0333. The molecule has 0 saturated heterocycles. The topological polar surface area (TPSA) is 90.3 Å². The van der Waals surface area contributed by atoms with E-state index < -0.39 is 0 Å². The van der Waals surface area contributed by atoms with Crippen molar-refractivity contribution in [1.82, 2.24) is 9.97 Å². The quantitative estimate of drug-likeness (QED) is 0.432. The zero-order valence-electron chi connectivity index (χ0n) is 15.7. The molecule has 3 aromatic rings. The summed E-state index contributed by atoms with van der Waals surface area (Å²) in [5.41, 5.74) is 2.08. The van der Waals surface area contributed by atoms with Crippen molar-refractivity contribution >= 4 is 29.1 Å². The molecule has 0 unspecified atom stereocenters. The standard InChI is InChI=1S/C21H23ClN4O2/c1-13(2)18(12-27)25-21-24-16(14-6-4-3-5-7-14)11-20(26-21)23-17-10-15(22)8-9-19(17)28/h3-11,13,18,27-28H,12H2,1-2H3,(H2,23,24,25,26)/t18-/m1/s1. The Bertz CT molecular complexity index is 935. The maximum atomic E-state index is 10.1. The predicted molar refractivity (Wildman–Crippen MR) is 113 cm³/mol. The highest BCUT2D eigenvalue weighted by Gasteiger charge is 2.15. The van der Waals surface area contributed by atoms with E-state index in [0.29, 0.717) is 28.2 Å². The van der Waals surface area contributed by atoms with Gasteiger partial charge in [-0.05, 0) is 24.1 Å². The van der Waals surface area contributed by atoms with Crippen molar-refractivity contribution in [2.24, 2.45) is 5.92 Å². The Morgan fingerprint density at radius 1 is 1.04 bits per heavy atom. The smallest absolute Gasteiger partial charge is 0.225 e. The van der Waals surface area contributed by atoms with Crippen LogP contribution in [0.1, 0.15) is 13.8 Å². The predicted octanol–water partition coefficient (Wildman–Crippen LogP) is 4.68. The van der Waals surface area contributed by atoms with E-state index in [4.69, 9.17) is 11.6 Å². The SMILES string of the molecule is CC(C)[C@@H](CO)Nc1nc(Nc2cc(Cl)ccc2O)cc(-c2ccccc2)n1. The first-order valence-electron chi connectivity index (χ1n) is 9.03. The normalized spacial score (nSPS) is 12.0. The number of halogens is 1. The second kappa shape index (κ2) is 8.91. The van der Waals surface area contributed by atoms with Crippen LogP contribution in [-0.2, 0) is 0 Å². The van der Waals surface area contributed by atoms with Gasteiger partial charge in [-0.25, -0.2) is 4.98 Å². The Balaban J connectivity index is 2.00. The van der Waals surface area contributed by atoms with Crippen molar-refractivity contribution in [3.63, 3.8) is 0 Å². The van der Waals surface area contributed by atoms with Gasteiger partial charge in [0.1, 0.15) is 11.6 Å². The van der Waals surface area contributed by atoms with E-state index in [-0.39, 0.29) is 24.3 Å². The molecule has 0 aliphatic rings. The Morgan fingerprint density at radius 3 is 2.46 bits per heavy atom. The molecule has 0 bridgehead atoms. The molecule has 6 nitrogen and oxygen atoms in total. The minimum atomic E-state index is -0.182. The average molecular weight is 399 g/mol. The lowest BCUT2D eigenvalue weighted by Gasteiger charge is -2.21. The molecule has 3 rings (SSSR count). The molecule has 4 N–H and O–H groups in total. The number of phenolic OH excluding ortho intramolecular Hbond substituents is 1. The van der Waals surface area contributed by atoms with Gasteiger partial charge in [0.05, 0.1) is 24.0 Å². The molecule has 7 heteroatoms. The van der Waals surface area contributed by atoms with Crippen LogP contribution in [0.5, 0.6) is 5.75 Å². The Hall–Kier alpha value is -2.83. The number of phenols is 1. The summed E-state index contributed by atoms with van der Waals surface area (Å²) < 4.78 is 0. The molecule has 0 aliphatic carbocycles. The van der Waals surface area contributed by atoms with Crippen LogP contribution in [-0.4, -0.2) is 32.8 Å². The number of hydrogen-bond acceptors (Lipinski definition) is 6. The maximum Gasteiger partial charge on any atom is 0.225 e. The van der Waals surface area contributed by atoms with Crippen molar-refractivity contribution in [1.29, 1.82) is 0 Å². The first kappa shape index (κ1) is 19.9. The minimum Gasteiger partial charge on any atom is -0.506 e. The zero-order valence-corrected chi connectivity index (χ0v) is 16.5. The number of anilines is 3. The number of aliphatic hydroxyl groups is 1. The number of nitrogens with zero attached hydrogens (tertiary/aromatic N) is 2. The van der Waals surface area contributed by atoms with E-state index in [2.05, 4.69) is 20.6 Å². The highest BCUT2D eigenvalue weighted by atomic mass is 35.5. The molecule has 0 aliphatic heterocycles. The van der Waals surface area contributed by atoms with Crippen LogP contribution >= 0.6 is 11.6 Å². The number of benzene rings is 2. The fraction of sp³-hybridized carbons (Fsp3) is 0.238. The molecule has 146 valence electrons. The van der Waals surface area contributed by atoms with E-state index in [0.717, 1.165) is 5.56 Å². The lowest BCUT2D eigenvalue weighted by atomic mass is 10.1. The van der Waals surface area contributed by atoms with E-state index in [1.165, 1.54) is 6.07 Å². The third-order valence-corrected chi connectivity index (χ3v) is 4.57. The average Bonchev–Trinajstić information content (AvgIpc) is 2.69. The van der Waals surface area contributed by atoms with Gasteiger partial charge in [-0.2, -0.15) is 4.98 Å². The fourth-order valence-corrected chi connectivity index (χ4v) is 2.84. The molecule has 28 heavy (non-hydrogen) atoms. The summed E-state index contributed by atoms with van der Waals surface area (Å²) in [6, 6.07) is 16.1. The largest absolute Gasteiger partial charge is 0.506 e. The van der Waals surface area contributed by atoms with Crippen LogP contribution in [0, 0.1) is 5.92 Å². The molecule has 1 heterocycles. The first-order chi connectivity index (χ1) is 13.5. The van der Waals surface area contributed by atoms with Gasteiger partial charge in [0.15, 0.2) is 0 Å². The highest BCUT2D eigenvalue weighted by molar-refractivity contribution is 6.31. The number of hydrogen-bond donors (Lipinski definition) is 4. The van der Waals surface area contributed by atoms with Gasteiger partial charge in [-0.3, -0.25) is 0 Å². The Kier molecular flexibility index (Phi) is 6.34. The molecular weight excluding hydrogens is 376 g/mol. The van der Waals surface area contributed by atoms with Gasteiger partial charge in [0.25, 0.3) is 0 Å². The van der Waals surface area contributed by atoms with Crippen molar-refractivity contribution in [2.45, 2.75) is 19.9 Å². The molecule has 1 aromatic heterocycles. The van der Waals surface area contributed by atoms with Crippen LogP contribution in [0.15, 0.2) is 54.6 Å². The lowest BCUT2D eigenvalue weighted by molar-refractivity contribution is 0.248. The number of aromatic hydroxyl groups is 1. The molecule has 0 spiro atoms. The van der Waals surface area contributed by atoms with Crippen LogP contribution in [0.25, 0.3) is 11.3 Å². The molecular formula is C21H23ClN4O2. The highest BCUT2D eigenvalue weighted by Crippen LogP contribution is 2.30. The summed E-state index contributed by atoms with van der Waals surface area (Å²) in [5, 5.41) is 26.5. The Labute approximate surface area is 169 Å². The molecule has 1 atom stereocenters. The summed E-state index contributed by atoms with van der Waals surface area (Å²) in [4.78, 5) is 9.09. The van der Waals surface area contributed by atoms with Crippen molar-refractivity contribution in [3.8, 4) is 17.0 Å². The molecule has 0 radical (unpaired) electrons. The summed E-state index contributed by atoms with van der Waals surface area (Å²) in [6.07, 6.45) is 0. The number of nitrogens with one attached hydrogen (secondary N) is 2. The lowest BCUT2D eigenvalue weighted by Crippen LogP contribution is -2.30. The monoisotopic (exact) mass is 398 g/mol.